The molecule has 3 heteroatoms. The van der Waals surface area contributed by atoms with Crippen molar-refractivity contribution < 1.29 is 8.78 Å². The Hall–Kier alpha value is -0.650. The van der Waals surface area contributed by atoms with Crippen molar-refractivity contribution in [3.63, 3.8) is 0 Å². The highest BCUT2D eigenvalue weighted by atomic mass is 19.3. The molecule has 2 unspecified atom stereocenters. The number of hydrogen-bond donors (Lipinski definition) is 0. The molecule has 0 bridgehead atoms. The third-order valence-corrected chi connectivity index (χ3v) is 2.37. The first-order valence-electron chi connectivity index (χ1n) is 3.87. The Labute approximate surface area is 65.2 Å². The molecule has 1 aliphatic rings. The van der Waals surface area contributed by atoms with Crippen LogP contribution in [-0.2, 0) is 0 Å². The van der Waals surface area contributed by atoms with Crippen LogP contribution in [0.5, 0.6) is 0 Å². The SMILES string of the molecule is [C-]#[N+]CC1CCCC1C(F)F. The lowest BCUT2D eigenvalue weighted by molar-refractivity contribution is 0.0598. The van der Waals surface area contributed by atoms with Crippen LogP contribution in [0.4, 0.5) is 8.78 Å². The first-order valence-corrected chi connectivity index (χ1v) is 3.87. The zero-order valence-corrected chi connectivity index (χ0v) is 6.26. The summed E-state index contributed by atoms with van der Waals surface area (Å²) in [6.45, 7) is 6.87. The van der Waals surface area contributed by atoms with Crippen molar-refractivity contribution in [3.8, 4) is 0 Å². The number of nitrogens with zero attached hydrogens (tertiary/aromatic N) is 1. The minimum Gasteiger partial charge on any atom is -0.317 e. The normalized spacial score (nSPS) is 30.7. The summed E-state index contributed by atoms with van der Waals surface area (Å²) in [6, 6.07) is 0. The first-order chi connectivity index (χ1) is 5.25. The number of hydrogen-bond acceptors (Lipinski definition) is 0. The van der Waals surface area contributed by atoms with E-state index in [0.29, 0.717) is 6.42 Å². The van der Waals surface area contributed by atoms with Gasteiger partial charge in [0, 0.05) is 11.8 Å². The van der Waals surface area contributed by atoms with Crippen LogP contribution < -0.4 is 0 Å². The van der Waals surface area contributed by atoms with Crippen LogP contribution in [0.25, 0.3) is 4.85 Å². The molecule has 11 heavy (non-hydrogen) atoms. The predicted molar refractivity (Wildman–Crippen MR) is 38.3 cm³/mol. The molecule has 0 radical (unpaired) electrons. The molecule has 0 heterocycles. The van der Waals surface area contributed by atoms with Gasteiger partial charge in [-0.25, -0.2) is 15.4 Å². The molecule has 0 aliphatic heterocycles. The summed E-state index contributed by atoms with van der Waals surface area (Å²) in [7, 11) is 0. The molecule has 0 spiro atoms. The lowest BCUT2D eigenvalue weighted by atomic mass is 9.97. The van der Waals surface area contributed by atoms with Gasteiger partial charge in [0.05, 0.1) is 0 Å². The average Bonchev–Trinajstić information content (AvgIpc) is 2.36. The van der Waals surface area contributed by atoms with Gasteiger partial charge in [0.25, 0.3) is 0 Å². The van der Waals surface area contributed by atoms with E-state index in [-0.39, 0.29) is 12.5 Å². The molecule has 0 aromatic rings. The van der Waals surface area contributed by atoms with E-state index in [0.717, 1.165) is 12.8 Å². The molecule has 1 nitrogen and oxygen atoms in total. The van der Waals surface area contributed by atoms with Gasteiger partial charge in [-0.15, -0.1) is 0 Å². The van der Waals surface area contributed by atoms with Crippen LogP contribution in [-0.4, -0.2) is 13.0 Å². The Kier molecular flexibility index (Phi) is 2.81. The smallest absolute Gasteiger partial charge is 0.241 e. The van der Waals surface area contributed by atoms with Crippen LogP contribution >= 0.6 is 0 Å². The molecular formula is C8H11F2N. The maximum atomic E-state index is 12.2. The standard InChI is InChI=1S/C8H11F2N/c1-11-5-6-3-2-4-7(6)8(9)10/h6-8H,2-5H2. The summed E-state index contributed by atoms with van der Waals surface area (Å²) in [5, 5.41) is 0. The molecule has 2 atom stereocenters. The molecular weight excluding hydrogens is 148 g/mol. The van der Waals surface area contributed by atoms with Crippen LogP contribution in [0.2, 0.25) is 0 Å². The third-order valence-electron chi connectivity index (χ3n) is 2.37. The monoisotopic (exact) mass is 159 g/mol. The van der Waals surface area contributed by atoms with Gasteiger partial charge < -0.3 is 4.85 Å². The molecule has 0 aromatic heterocycles. The van der Waals surface area contributed by atoms with Crippen molar-refractivity contribution in [2.24, 2.45) is 11.8 Å². The predicted octanol–water partition coefficient (Wildman–Crippen LogP) is 2.59. The molecule has 1 aliphatic carbocycles. The Morgan fingerprint density at radius 1 is 1.45 bits per heavy atom. The Bertz CT molecular complexity index is 162. The topological polar surface area (TPSA) is 4.36 Å². The fourth-order valence-corrected chi connectivity index (χ4v) is 1.74. The molecule has 1 saturated carbocycles. The minimum atomic E-state index is -2.22. The van der Waals surface area contributed by atoms with Gasteiger partial charge in [0.2, 0.25) is 13.0 Å². The highest BCUT2D eigenvalue weighted by molar-refractivity contribution is 4.83. The van der Waals surface area contributed by atoms with Gasteiger partial charge in [-0.05, 0) is 12.8 Å². The highest BCUT2D eigenvalue weighted by Gasteiger charge is 2.35. The summed E-state index contributed by atoms with van der Waals surface area (Å²) in [5.74, 6) is -0.531. The van der Waals surface area contributed by atoms with E-state index in [2.05, 4.69) is 4.85 Å². The molecule has 1 rings (SSSR count). The van der Waals surface area contributed by atoms with Gasteiger partial charge in [0.1, 0.15) is 0 Å². The van der Waals surface area contributed by atoms with Crippen molar-refractivity contribution in [1.82, 2.24) is 0 Å². The van der Waals surface area contributed by atoms with Crippen molar-refractivity contribution in [3.05, 3.63) is 11.4 Å². The van der Waals surface area contributed by atoms with Gasteiger partial charge in [-0.1, -0.05) is 6.42 Å². The number of rotatable bonds is 2. The maximum absolute atomic E-state index is 12.2. The van der Waals surface area contributed by atoms with E-state index >= 15 is 0 Å². The van der Waals surface area contributed by atoms with Gasteiger partial charge in [-0.2, -0.15) is 0 Å². The van der Waals surface area contributed by atoms with E-state index < -0.39 is 12.3 Å². The van der Waals surface area contributed by atoms with Gasteiger partial charge in [0.15, 0.2) is 0 Å². The van der Waals surface area contributed by atoms with E-state index in [1.165, 1.54) is 0 Å². The Morgan fingerprint density at radius 2 is 2.18 bits per heavy atom. The van der Waals surface area contributed by atoms with E-state index in [1.807, 2.05) is 0 Å². The summed E-state index contributed by atoms with van der Waals surface area (Å²) >= 11 is 0. The van der Waals surface area contributed by atoms with Crippen molar-refractivity contribution >= 4 is 0 Å². The number of halogens is 2. The quantitative estimate of drug-likeness (QED) is 0.545. The Morgan fingerprint density at radius 3 is 2.73 bits per heavy atom. The van der Waals surface area contributed by atoms with Gasteiger partial charge in [-0.3, -0.25) is 0 Å². The van der Waals surface area contributed by atoms with Gasteiger partial charge >= 0.3 is 0 Å². The van der Waals surface area contributed by atoms with E-state index in [1.54, 1.807) is 0 Å². The Balaban J connectivity index is 2.45. The fourth-order valence-electron chi connectivity index (χ4n) is 1.74. The van der Waals surface area contributed by atoms with Crippen LogP contribution in [0.15, 0.2) is 0 Å². The zero-order chi connectivity index (χ0) is 8.27. The molecule has 0 amide bonds. The summed E-state index contributed by atoms with van der Waals surface area (Å²) < 4.78 is 24.4. The lowest BCUT2D eigenvalue weighted by Crippen LogP contribution is -2.18. The van der Waals surface area contributed by atoms with Crippen LogP contribution in [0.3, 0.4) is 0 Å². The molecule has 0 N–H and O–H groups in total. The summed E-state index contributed by atoms with van der Waals surface area (Å²) in [6.07, 6.45) is 0.0778. The summed E-state index contributed by atoms with van der Waals surface area (Å²) in [5.41, 5.74) is 0. The molecule has 1 fully saturated rings. The maximum Gasteiger partial charge on any atom is 0.241 e. The minimum absolute atomic E-state index is 0.0347. The average molecular weight is 159 g/mol. The van der Waals surface area contributed by atoms with E-state index in [4.69, 9.17) is 6.57 Å². The van der Waals surface area contributed by atoms with E-state index in [9.17, 15) is 8.78 Å². The molecule has 0 saturated heterocycles. The van der Waals surface area contributed by atoms with Crippen LogP contribution in [0.1, 0.15) is 19.3 Å². The molecule has 0 aromatic carbocycles. The lowest BCUT2D eigenvalue weighted by Gasteiger charge is -2.12. The largest absolute Gasteiger partial charge is 0.317 e. The number of alkyl halides is 2. The summed E-state index contributed by atoms with van der Waals surface area (Å²) in [4.78, 5) is 3.17. The fraction of sp³-hybridized carbons (Fsp3) is 0.875. The second-order valence-electron chi connectivity index (χ2n) is 3.03. The second kappa shape index (κ2) is 3.66. The van der Waals surface area contributed by atoms with Crippen molar-refractivity contribution in [2.75, 3.05) is 6.54 Å². The second-order valence-corrected chi connectivity index (χ2v) is 3.03. The first kappa shape index (κ1) is 8.45. The highest BCUT2D eigenvalue weighted by Crippen LogP contribution is 2.35. The van der Waals surface area contributed by atoms with Crippen LogP contribution in [0, 0.1) is 18.4 Å². The third kappa shape index (κ3) is 1.89. The zero-order valence-electron chi connectivity index (χ0n) is 6.26. The molecule has 62 valence electrons. The van der Waals surface area contributed by atoms with Crippen molar-refractivity contribution in [1.29, 1.82) is 0 Å². The van der Waals surface area contributed by atoms with Crippen molar-refractivity contribution in [2.45, 2.75) is 25.7 Å².